The second-order valence-electron chi connectivity index (χ2n) is 4.49. The third kappa shape index (κ3) is 7.45. The molecule has 0 amide bonds. The van der Waals surface area contributed by atoms with Crippen LogP contribution in [0, 0.1) is 0 Å². The van der Waals surface area contributed by atoms with E-state index in [0.29, 0.717) is 0 Å². The molecule has 0 radical (unpaired) electrons. The van der Waals surface area contributed by atoms with Gasteiger partial charge in [-0.1, -0.05) is 37.2 Å². The fourth-order valence-corrected chi connectivity index (χ4v) is 3.79. The second-order valence-corrected chi connectivity index (χ2v) is 8.77. The zero-order chi connectivity index (χ0) is 22.8. The maximum absolute atomic E-state index is 12.4. The number of benzene rings is 1. The van der Waals surface area contributed by atoms with Crippen LogP contribution in [0.1, 0.15) is 14.9 Å². The van der Waals surface area contributed by atoms with Crippen molar-refractivity contribution >= 4 is 32.7 Å². The lowest BCUT2D eigenvalue weighted by Crippen LogP contribution is -2.57. The predicted molar refractivity (Wildman–Crippen MR) is 91.3 cm³/mol. The van der Waals surface area contributed by atoms with Gasteiger partial charge in [0.15, 0.2) is 0 Å². The Bertz CT molecular complexity index is 812. The van der Waals surface area contributed by atoms with Crippen LogP contribution in [0.15, 0.2) is 35.2 Å². The summed E-state index contributed by atoms with van der Waals surface area (Å²) in [6.07, 6.45) is -13.9. The summed E-state index contributed by atoms with van der Waals surface area (Å²) in [4.78, 5) is 1.13. The maximum atomic E-state index is 12.4. The number of sulfonamides is 2. The number of hydrogen-bond acceptors (Lipinski definition) is 4. The molecule has 18 heteroatoms. The van der Waals surface area contributed by atoms with Gasteiger partial charge in [0.25, 0.3) is 20.0 Å². The van der Waals surface area contributed by atoms with Gasteiger partial charge >= 0.3 is 22.9 Å². The van der Waals surface area contributed by atoms with E-state index in [1.807, 2.05) is 30.3 Å². The summed E-state index contributed by atoms with van der Waals surface area (Å²) in [5, 5.41) is -13.9. The standard InChI is InChI=1S/C6H6S.C4HF10NO4S2.2CH4/c7-6-4-2-1-3-5-6;5-1(6,7)3(11,12)20(16,17)15-21(18,19)4(13,14)2(8,9)10;;/h1-5,7H;15H;2*1H4/p+1. The van der Waals surface area contributed by atoms with Crippen molar-refractivity contribution in [2.75, 3.05) is 0 Å². The minimum atomic E-state index is -7.49. The normalized spacial score (nSPS) is 13.3. The molecule has 1 aromatic carbocycles. The molecule has 5 nitrogen and oxygen atoms in total. The van der Waals surface area contributed by atoms with E-state index in [1.54, 1.807) is 0 Å². The number of hydrogen-bond donors (Lipinski definition) is 1. The lowest BCUT2D eigenvalue weighted by molar-refractivity contribution is -0.242. The SMILES string of the molecule is C.C.O=S(=O)(NS(=O)(=O)C(F)(F)C(F)(F)F)C(F)(F)C(F)(F)F.[SH2+]c1ccccc1. The fourth-order valence-electron chi connectivity index (χ4n) is 0.992. The first-order chi connectivity index (χ1) is 12.1. The van der Waals surface area contributed by atoms with Gasteiger partial charge in [0.2, 0.25) is 0 Å². The molecule has 0 aliphatic heterocycles. The van der Waals surface area contributed by atoms with Crippen LogP contribution < -0.4 is 4.13 Å². The van der Waals surface area contributed by atoms with Crippen LogP contribution >= 0.6 is 0 Å². The Balaban J connectivity index is -0.000000682. The first kappa shape index (κ1) is 33.4. The molecular formula is C12H16F10NO4S3+. The van der Waals surface area contributed by atoms with Gasteiger partial charge in [-0.2, -0.15) is 43.9 Å². The summed E-state index contributed by atoms with van der Waals surface area (Å²) in [5.74, 6) is 0. The molecule has 0 bridgehead atoms. The van der Waals surface area contributed by atoms with Crippen LogP contribution in [0.25, 0.3) is 0 Å². The molecule has 1 rings (SSSR count). The van der Waals surface area contributed by atoms with Crippen molar-refractivity contribution in [2.24, 2.45) is 0 Å². The van der Waals surface area contributed by atoms with Crippen molar-refractivity contribution in [2.45, 2.75) is 42.6 Å². The van der Waals surface area contributed by atoms with Crippen LogP contribution in [0.3, 0.4) is 0 Å². The van der Waals surface area contributed by atoms with E-state index in [9.17, 15) is 60.7 Å². The monoisotopic (exact) mass is 524 g/mol. The van der Waals surface area contributed by atoms with Crippen LogP contribution in [-0.2, 0) is 32.7 Å². The Hall–Kier alpha value is -1.27. The maximum Gasteiger partial charge on any atom is 0.471 e. The van der Waals surface area contributed by atoms with Crippen molar-refractivity contribution in [1.29, 1.82) is 0 Å². The Morgan fingerprint density at radius 1 is 0.633 bits per heavy atom. The molecule has 0 aliphatic carbocycles. The van der Waals surface area contributed by atoms with Gasteiger partial charge < -0.3 is 0 Å². The molecule has 0 unspecified atom stereocenters. The molecule has 0 atom stereocenters. The average Bonchev–Trinajstić information content (AvgIpc) is 2.44. The number of nitrogens with one attached hydrogen (secondary N) is 1. The van der Waals surface area contributed by atoms with Crippen molar-refractivity contribution in [1.82, 2.24) is 4.13 Å². The lowest BCUT2D eigenvalue weighted by Gasteiger charge is -2.23. The molecule has 0 spiro atoms. The minimum Gasteiger partial charge on any atom is -0.205 e. The summed E-state index contributed by atoms with van der Waals surface area (Å²) in [5.41, 5.74) is 0. The molecule has 0 aliphatic rings. The third-order valence-corrected chi connectivity index (χ3v) is 6.23. The average molecular weight is 524 g/mol. The van der Waals surface area contributed by atoms with Gasteiger partial charge in [-0.15, -0.1) is 0 Å². The number of alkyl halides is 10. The Morgan fingerprint density at radius 2 is 0.900 bits per heavy atom. The highest BCUT2D eigenvalue weighted by atomic mass is 32.3. The van der Waals surface area contributed by atoms with Gasteiger partial charge in [0, 0.05) is 0 Å². The molecule has 180 valence electrons. The summed E-state index contributed by atoms with van der Waals surface area (Å²) in [6.45, 7) is 0. The van der Waals surface area contributed by atoms with Gasteiger partial charge in [0.05, 0.1) is 0 Å². The van der Waals surface area contributed by atoms with Crippen LogP contribution in [0.2, 0.25) is 0 Å². The van der Waals surface area contributed by atoms with Crippen LogP contribution in [0.4, 0.5) is 43.9 Å². The smallest absolute Gasteiger partial charge is 0.205 e. The summed E-state index contributed by atoms with van der Waals surface area (Å²) in [6, 6.07) is 9.96. The third-order valence-electron chi connectivity index (χ3n) is 2.33. The number of halogens is 10. The topological polar surface area (TPSA) is 80.3 Å². The molecule has 0 heterocycles. The Labute approximate surface area is 171 Å². The number of rotatable bonds is 4. The summed E-state index contributed by atoms with van der Waals surface area (Å²) < 4.78 is 160. The zero-order valence-corrected chi connectivity index (χ0v) is 15.2. The van der Waals surface area contributed by atoms with E-state index < -0.39 is 47.0 Å². The van der Waals surface area contributed by atoms with E-state index in [-0.39, 0.29) is 14.9 Å². The van der Waals surface area contributed by atoms with Crippen molar-refractivity contribution in [3.63, 3.8) is 0 Å². The second kappa shape index (κ2) is 10.4. The predicted octanol–water partition coefficient (Wildman–Crippen LogP) is 3.88. The van der Waals surface area contributed by atoms with Gasteiger partial charge in [-0.05, 0) is 24.8 Å². The molecular weight excluding hydrogens is 508 g/mol. The quantitative estimate of drug-likeness (QED) is 0.479. The molecule has 1 N–H and O–H groups in total. The molecule has 0 saturated heterocycles. The van der Waals surface area contributed by atoms with Gasteiger partial charge in [-0.25, -0.2) is 16.8 Å². The lowest BCUT2D eigenvalue weighted by atomic mass is 10.4. The largest absolute Gasteiger partial charge is 0.471 e. The Morgan fingerprint density at radius 3 is 1.07 bits per heavy atom. The van der Waals surface area contributed by atoms with Crippen LogP contribution in [0.5, 0.6) is 0 Å². The highest BCUT2D eigenvalue weighted by Gasteiger charge is 2.73. The highest BCUT2D eigenvalue weighted by molar-refractivity contribution is 8.05. The minimum absolute atomic E-state index is 0. The summed E-state index contributed by atoms with van der Waals surface area (Å²) in [7, 11) is -15.0. The zero-order valence-electron chi connectivity index (χ0n) is 12.6. The molecule has 0 fully saturated rings. The van der Waals surface area contributed by atoms with E-state index in [4.69, 9.17) is 0 Å². The van der Waals surface area contributed by atoms with E-state index in [2.05, 4.69) is 12.6 Å². The Kier molecular flexibility index (Phi) is 11.5. The molecule has 1 aromatic rings. The fraction of sp³-hybridized carbons (Fsp3) is 0.500. The van der Waals surface area contributed by atoms with Gasteiger partial charge in [-0.3, -0.25) is 0 Å². The van der Waals surface area contributed by atoms with E-state index in [1.165, 1.54) is 0 Å². The van der Waals surface area contributed by atoms with Gasteiger partial charge in [0.1, 0.15) is 4.90 Å². The van der Waals surface area contributed by atoms with Crippen LogP contribution in [-0.4, -0.2) is 39.7 Å². The first-order valence-corrected chi connectivity index (χ1v) is 9.50. The highest BCUT2D eigenvalue weighted by Crippen LogP contribution is 2.43. The molecule has 30 heavy (non-hydrogen) atoms. The summed E-state index contributed by atoms with van der Waals surface area (Å²) >= 11 is 3.36. The van der Waals surface area contributed by atoms with E-state index in [0.717, 1.165) is 4.90 Å². The molecule has 0 saturated carbocycles. The van der Waals surface area contributed by atoms with Crippen molar-refractivity contribution in [3.05, 3.63) is 30.3 Å². The first-order valence-electron chi connectivity index (χ1n) is 6.03. The van der Waals surface area contributed by atoms with Crippen molar-refractivity contribution in [3.8, 4) is 0 Å². The molecule has 0 aromatic heterocycles. The van der Waals surface area contributed by atoms with E-state index >= 15 is 0 Å². The van der Waals surface area contributed by atoms with Crippen molar-refractivity contribution < 1.29 is 60.7 Å².